The molecule has 1 aromatic rings. The van der Waals surface area contributed by atoms with Gasteiger partial charge in [-0.1, -0.05) is 0 Å². The number of hydrogen-bond donors (Lipinski definition) is 2. The second kappa shape index (κ2) is 9.29. The Morgan fingerprint density at radius 3 is 2.53 bits per heavy atom. The number of carbonyl (C=O) groups excluding carboxylic acids is 2. The van der Waals surface area contributed by atoms with Crippen LogP contribution in [-0.2, 0) is 24.3 Å². The van der Waals surface area contributed by atoms with Crippen LogP contribution in [0.4, 0.5) is 0 Å². The Morgan fingerprint density at radius 1 is 1.23 bits per heavy atom. The van der Waals surface area contributed by atoms with Crippen molar-refractivity contribution in [3.05, 3.63) is 24.3 Å². The smallest absolute Gasteiger partial charge is 0.261 e. The molecule has 0 spiro atoms. The van der Waals surface area contributed by atoms with Crippen LogP contribution in [0.5, 0.6) is 5.75 Å². The first-order valence-electron chi connectivity index (χ1n) is 9.71. The molecular weight excluding hydrogens is 414 g/mol. The van der Waals surface area contributed by atoms with Crippen LogP contribution in [0, 0.1) is 5.92 Å². The van der Waals surface area contributed by atoms with Crippen molar-refractivity contribution in [1.82, 2.24) is 14.7 Å². The number of ether oxygens (including phenoxy) is 2. The van der Waals surface area contributed by atoms with E-state index in [4.69, 9.17) is 9.47 Å². The molecule has 11 heteroatoms. The number of benzene rings is 1. The van der Waals surface area contributed by atoms with Gasteiger partial charge in [-0.3, -0.25) is 14.8 Å². The fourth-order valence-corrected chi connectivity index (χ4v) is 6.09. The molecule has 2 heterocycles. The molecule has 2 aliphatic heterocycles. The minimum atomic E-state index is -4.06. The number of nitrogens with one attached hydrogen (secondary N) is 1. The molecule has 2 amide bonds. The summed E-state index contributed by atoms with van der Waals surface area (Å²) in [5.74, 6) is -0.483. The Morgan fingerprint density at radius 2 is 1.93 bits per heavy atom. The van der Waals surface area contributed by atoms with Crippen LogP contribution in [0.2, 0.25) is 0 Å². The van der Waals surface area contributed by atoms with Gasteiger partial charge < -0.3 is 14.4 Å². The SMILES string of the molecule is COCCC(=O)N1CC[C@H]2C[C@@H](C(=O)NO)N(S(=O)(=O)c3ccc(OC)cc3)[C@H]2C1. The number of hydroxylamine groups is 1. The number of sulfonamides is 1. The summed E-state index contributed by atoms with van der Waals surface area (Å²) in [6.07, 6.45) is 1.07. The second-order valence-electron chi connectivity index (χ2n) is 7.44. The van der Waals surface area contributed by atoms with E-state index in [0.29, 0.717) is 18.7 Å². The molecule has 0 saturated carbocycles. The number of amides is 2. The molecule has 2 saturated heterocycles. The van der Waals surface area contributed by atoms with Gasteiger partial charge in [-0.15, -0.1) is 0 Å². The molecule has 30 heavy (non-hydrogen) atoms. The van der Waals surface area contributed by atoms with Crippen LogP contribution < -0.4 is 10.2 Å². The van der Waals surface area contributed by atoms with Gasteiger partial charge in [0.25, 0.3) is 5.91 Å². The van der Waals surface area contributed by atoms with Crippen molar-refractivity contribution < 1.29 is 32.7 Å². The third kappa shape index (κ3) is 4.29. The first kappa shape index (κ1) is 22.5. The lowest BCUT2D eigenvalue weighted by molar-refractivity contribution is -0.134. The minimum Gasteiger partial charge on any atom is -0.497 e. The van der Waals surface area contributed by atoms with Crippen molar-refractivity contribution in [1.29, 1.82) is 0 Å². The van der Waals surface area contributed by atoms with Gasteiger partial charge in [-0.05, 0) is 43.0 Å². The second-order valence-corrected chi connectivity index (χ2v) is 9.28. The van der Waals surface area contributed by atoms with Crippen molar-refractivity contribution >= 4 is 21.8 Å². The van der Waals surface area contributed by atoms with E-state index < -0.39 is 28.0 Å². The molecule has 3 rings (SSSR count). The minimum absolute atomic E-state index is 0.0162. The molecule has 0 unspecified atom stereocenters. The van der Waals surface area contributed by atoms with Crippen LogP contribution >= 0.6 is 0 Å². The van der Waals surface area contributed by atoms with Crippen LogP contribution in [-0.4, -0.2) is 80.6 Å². The number of carbonyl (C=O) groups is 2. The summed E-state index contributed by atoms with van der Waals surface area (Å²) in [4.78, 5) is 26.4. The first-order chi connectivity index (χ1) is 14.3. The first-order valence-corrected chi connectivity index (χ1v) is 11.2. The molecule has 0 radical (unpaired) electrons. The maximum absolute atomic E-state index is 13.5. The normalized spacial score (nSPS) is 24.4. The summed E-state index contributed by atoms with van der Waals surface area (Å²) >= 11 is 0. The monoisotopic (exact) mass is 441 g/mol. The number of rotatable bonds is 7. The third-order valence-corrected chi connectivity index (χ3v) is 7.75. The van der Waals surface area contributed by atoms with Crippen LogP contribution in [0.25, 0.3) is 0 Å². The number of fused-ring (bicyclic) bond motifs is 1. The zero-order chi connectivity index (χ0) is 21.9. The van der Waals surface area contributed by atoms with Crippen molar-refractivity contribution in [2.45, 2.75) is 36.2 Å². The Hall–Kier alpha value is -2.21. The van der Waals surface area contributed by atoms with Crippen molar-refractivity contribution in [3.63, 3.8) is 0 Å². The average Bonchev–Trinajstić information content (AvgIpc) is 3.16. The Kier molecular flexibility index (Phi) is 6.96. The maximum Gasteiger partial charge on any atom is 0.261 e. The van der Waals surface area contributed by atoms with Gasteiger partial charge in [0.1, 0.15) is 11.8 Å². The summed E-state index contributed by atoms with van der Waals surface area (Å²) in [7, 11) is -1.07. The van der Waals surface area contributed by atoms with Gasteiger partial charge in [0.05, 0.1) is 25.0 Å². The lowest BCUT2D eigenvalue weighted by Gasteiger charge is -2.38. The van der Waals surface area contributed by atoms with E-state index in [1.165, 1.54) is 38.5 Å². The zero-order valence-corrected chi connectivity index (χ0v) is 17.8. The van der Waals surface area contributed by atoms with E-state index in [0.717, 1.165) is 4.31 Å². The lowest BCUT2D eigenvalue weighted by Crippen LogP contribution is -2.54. The number of nitrogens with zero attached hydrogens (tertiary/aromatic N) is 2. The number of piperidine rings is 1. The maximum atomic E-state index is 13.5. The molecule has 0 aromatic heterocycles. The number of methoxy groups -OCH3 is 2. The third-order valence-electron chi connectivity index (χ3n) is 5.80. The quantitative estimate of drug-likeness (QED) is 0.458. The van der Waals surface area contributed by atoms with E-state index in [1.807, 2.05) is 0 Å². The fourth-order valence-electron chi connectivity index (χ4n) is 4.25. The topological polar surface area (TPSA) is 125 Å². The largest absolute Gasteiger partial charge is 0.497 e. The predicted octanol–water partition coefficient (Wildman–Crippen LogP) is 0.217. The van der Waals surface area contributed by atoms with Crippen molar-refractivity contribution in [3.8, 4) is 5.75 Å². The molecule has 2 fully saturated rings. The summed E-state index contributed by atoms with van der Waals surface area (Å²) in [6, 6.07) is 4.29. The molecule has 2 aliphatic rings. The van der Waals surface area contributed by atoms with Gasteiger partial charge in [0.2, 0.25) is 15.9 Å². The van der Waals surface area contributed by atoms with Gasteiger partial charge in [-0.25, -0.2) is 13.9 Å². The number of likely N-dealkylation sites (tertiary alicyclic amines) is 1. The molecule has 10 nitrogen and oxygen atoms in total. The molecule has 2 N–H and O–H groups in total. The van der Waals surface area contributed by atoms with E-state index in [1.54, 1.807) is 10.4 Å². The Labute approximate surface area is 175 Å². The van der Waals surface area contributed by atoms with Gasteiger partial charge >= 0.3 is 0 Å². The standard InChI is InChI=1S/C19H27N3O7S/c1-28-10-8-18(23)21-9-7-13-11-16(19(24)20-25)22(17(13)12-21)30(26,27)15-5-3-14(29-2)4-6-15/h3-6,13,16-17,25H,7-12H2,1-2H3,(H,20,24)/t13-,16-,17-/m0/s1. The van der Waals surface area contributed by atoms with E-state index in [9.17, 15) is 23.2 Å². The molecular formula is C19H27N3O7S. The number of hydrogen-bond acceptors (Lipinski definition) is 7. The highest BCUT2D eigenvalue weighted by molar-refractivity contribution is 7.89. The lowest BCUT2D eigenvalue weighted by atomic mass is 9.91. The highest BCUT2D eigenvalue weighted by Crippen LogP contribution is 2.40. The predicted molar refractivity (Wildman–Crippen MR) is 105 cm³/mol. The summed E-state index contributed by atoms with van der Waals surface area (Å²) in [5, 5.41) is 9.17. The summed E-state index contributed by atoms with van der Waals surface area (Å²) < 4.78 is 38.1. The van der Waals surface area contributed by atoms with Crippen molar-refractivity contribution in [2.24, 2.45) is 5.92 Å². The van der Waals surface area contributed by atoms with Gasteiger partial charge in [0.15, 0.2) is 0 Å². The van der Waals surface area contributed by atoms with Gasteiger partial charge in [-0.2, -0.15) is 4.31 Å². The highest BCUT2D eigenvalue weighted by Gasteiger charge is 2.52. The van der Waals surface area contributed by atoms with E-state index in [-0.39, 0.29) is 42.7 Å². The van der Waals surface area contributed by atoms with Crippen LogP contribution in [0.1, 0.15) is 19.3 Å². The molecule has 3 atom stereocenters. The van der Waals surface area contributed by atoms with Gasteiger partial charge in [0, 0.05) is 26.2 Å². The van der Waals surface area contributed by atoms with E-state index in [2.05, 4.69) is 0 Å². The summed E-state index contributed by atoms with van der Waals surface area (Å²) in [5.41, 5.74) is 1.59. The molecule has 0 bridgehead atoms. The fraction of sp³-hybridized carbons (Fsp3) is 0.579. The van der Waals surface area contributed by atoms with Crippen LogP contribution in [0.15, 0.2) is 29.2 Å². The summed E-state index contributed by atoms with van der Waals surface area (Å²) in [6.45, 7) is 0.970. The van der Waals surface area contributed by atoms with E-state index >= 15 is 0 Å². The molecule has 166 valence electrons. The van der Waals surface area contributed by atoms with Crippen LogP contribution in [0.3, 0.4) is 0 Å². The average molecular weight is 442 g/mol. The highest BCUT2D eigenvalue weighted by atomic mass is 32.2. The Balaban J connectivity index is 1.92. The molecule has 1 aromatic carbocycles. The zero-order valence-electron chi connectivity index (χ0n) is 17.0. The van der Waals surface area contributed by atoms with Crippen molar-refractivity contribution in [2.75, 3.05) is 33.9 Å². The molecule has 0 aliphatic carbocycles. The Bertz CT molecular complexity index is 875.